The number of carbonyl (C=O) groups excluding carboxylic acids is 1. The van der Waals surface area contributed by atoms with Gasteiger partial charge in [0.1, 0.15) is 0 Å². The maximum absolute atomic E-state index is 13.5. The topological polar surface area (TPSA) is 49.3 Å². The summed E-state index contributed by atoms with van der Waals surface area (Å²) < 4.78 is 26.6. The fourth-order valence-electron chi connectivity index (χ4n) is 2.02. The Morgan fingerprint density at radius 3 is 2.48 bits per heavy atom. The van der Waals surface area contributed by atoms with Crippen molar-refractivity contribution >= 4 is 5.91 Å². The van der Waals surface area contributed by atoms with Crippen LogP contribution in [0.1, 0.15) is 17.2 Å². The summed E-state index contributed by atoms with van der Waals surface area (Å²) in [7, 11) is 0. The van der Waals surface area contributed by atoms with Crippen molar-refractivity contribution in [2.24, 2.45) is 0 Å². The number of hydrogen-bond donors (Lipinski definition) is 2. The van der Waals surface area contributed by atoms with Gasteiger partial charge in [-0.2, -0.15) is 0 Å². The molecule has 0 fully saturated rings. The first-order chi connectivity index (χ1) is 10.1. The predicted molar refractivity (Wildman–Crippen MR) is 74.5 cm³/mol. The molecule has 2 aromatic carbocycles. The minimum atomic E-state index is -1.02. The van der Waals surface area contributed by atoms with Crippen LogP contribution in [0.2, 0.25) is 0 Å². The molecular formula is C16H15F2NO2. The Bertz CT molecular complexity index is 617. The van der Waals surface area contributed by atoms with Gasteiger partial charge in [0.05, 0.1) is 19.1 Å². The van der Waals surface area contributed by atoms with Crippen LogP contribution in [0.15, 0.2) is 48.5 Å². The average Bonchev–Trinajstić information content (AvgIpc) is 2.50. The number of benzene rings is 2. The number of nitrogens with one attached hydrogen (secondary N) is 1. The zero-order valence-electron chi connectivity index (χ0n) is 11.2. The van der Waals surface area contributed by atoms with Crippen molar-refractivity contribution in [1.82, 2.24) is 5.32 Å². The van der Waals surface area contributed by atoms with E-state index in [2.05, 4.69) is 5.32 Å². The van der Waals surface area contributed by atoms with E-state index in [-0.39, 0.29) is 18.6 Å². The Hall–Kier alpha value is -2.27. The third-order valence-electron chi connectivity index (χ3n) is 3.10. The molecule has 5 heteroatoms. The molecule has 2 aromatic rings. The first kappa shape index (κ1) is 15.1. The van der Waals surface area contributed by atoms with Crippen LogP contribution in [0, 0.1) is 11.6 Å². The van der Waals surface area contributed by atoms with E-state index in [4.69, 9.17) is 0 Å². The number of aliphatic hydroxyl groups excluding tert-OH is 1. The van der Waals surface area contributed by atoms with Crippen molar-refractivity contribution in [3.8, 4) is 0 Å². The van der Waals surface area contributed by atoms with Crippen molar-refractivity contribution in [3.63, 3.8) is 0 Å². The molecule has 0 saturated carbocycles. The first-order valence-electron chi connectivity index (χ1n) is 6.50. The third-order valence-corrected chi connectivity index (χ3v) is 3.10. The highest BCUT2D eigenvalue weighted by Crippen LogP contribution is 2.14. The molecule has 21 heavy (non-hydrogen) atoms. The molecular weight excluding hydrogens is 276 g/mol. The first-order valence-corrected chi connectivity index (χ1v) is 6.50. The van der Waals surface area contributed by atoms with Crippen LogP contribution in [0.25, 0.3) is 0 Å². The highest BCUT2D eigenvalue weighted by molar-refractivity contribution is 5.79. The standard InChI is InChI=1S/C16H15F2NO2/c17-13-8-4-7-12(16(13)18)9-15(21)19-14(10-20)11-5-2-1-3-6-11/h1-8,14,20H,9-10H2,(H,19,21)/t14-/m0/s1. The van der Waals surface area contributed by atoms with Gasteiger partial charge in [0.25, 0.3) is 0 Å². The highest BCUT2D eigenvalue weighted by atomic mass is 19.2. The molecule has 0 radical (unpaired) electrons. The van der Waals surface area contributed by atoms with Crippen LogP contribution >= 0.6 is 0 Å². The van der Waals surface area contributed by atoms with Gasteiger partial charge in [0, 0.05) is 5.56 Å². The summed E-state index contributed by atoms with van der Waals surface area (Å²) >= 11 is 0. The average molecular weight is 291 g/mol. The summed E-state index contributed by atoms with van der Waals surface area (Å²) in [6, 6.07) is 12.1. The summed E-state index contributed by atoms with van der Waals surface area (Å²) in [5.74, 6) is -2.49. The van der Waals surface area contributed by atoms with Gasteiger partial charge in [-0.25, -0.2) is 8.78 Å². The zero-order chi connectivity index (χ0) is 15.2. The Kier molecular flexibility index (Phi) is 5.00. The SMILES string of the molecule is O=C(Cc1cccc(F)c1F)N[C@@H](CO)c1ccccc1. The molecule has 0 saturated heterocycles. The van der Waals surface area contributed by atoms with Crippen molar-refractivity contribution in [2.45, 2.75) is 12.5 Å². The largest absolute Gasteiger partial charge is 0.394 e. The fraction of sp³-hybridized carbons (Fsp3) is 0.188. The summed E-state index contributed by atoms with van der Waals surface area (Å²) in [4.78, 5) is 11.9. The second-order valence-electron chi connectivity index (χ2n) is 4.60. The van der Waals surface area contributed by atoms with Crippen LogP contribution in [-0.4, -0.2) is 17.6 Å². The second kappa shape index (κ2) is 6.95. The summed E-state index contributed by atoms with van der Waals surface area (Å²) in [6.45, 7) is -0.276. The van der Waals surface area contributed by atoms with Gasteiger partial charge in [0.2, 0.25) is 5.91 Å². The van der Waals surface area contributed by atoms with Crippen molar-refractivity contribution in [3.05, 3.63) is 71.3 Å². The summed E-state index contributed by atoms with van der Waals surface area (Å²) in [5, 5.41) is 11.9. The fourth-order valence-corrected chi connectivity index (χ4v) is 2.02. The van der Waals surface area contributed by atoms with E-state index in [9.17, 15) is 18.7 Å². The van der Waals surface area contributed by atoms with Gasteiger partial charge in [-0.05, 0) is 11.6 Å². The lowest BCUT2D eigenvalue weighted by atomic mass is 10.1. The summed E-state index contributed by atoms with van der Waals surface area (Å²) in [5.41, 5.74) is 0.727. The smallest absolute Gasteiger partial charge is 0.225 e. The van der Waals surface area contributed by atoms with Crippen LogP contribution in [0.5, 0.6) is 0 Å². The molecule has 0 aromatic heterocycles. The molecule has 2 N–H and O–H groups in total. The lowest BCUT2D eigenvalue weighted by molar-refractivity contribution is -0.121. The van der Waals surface area contributed by atoms with Crippen molar-refractivity contribution < 1.29 is 18.7 Å². The van der Waals surface area contributed by atoms with E-state index in [1.54, 1.807) is 24.3 Å². The normalized spacial score (nSPS) is 12.0. The molecule has 0 heterocycles. The van der Waals surface area contributed by atoms with E-state index in [1.807, 2.05) is 6.07 Å². The Labute approximate surface area is 121 Å². The van der Waals surface area contributed by atoms with E-state index in [0.717, 1.165) is 11.6 Å². The second-order valence-corrected chi connectivity index (χ2v) is 4.60. The van der Waals surface area contributed by atoms with Gasteiger partial charge < -0.3 is 10.4 Å². The zero-order valence-corrected chi connectivity index (χ0v) is 11.2. The lowest BCUT2D eigenvalue weighted by Crippen LogP contribution is -2.32. The monoisotopic (exact) mass is 291 g/mol. The molecule has 3 nitrogen and oxygen atoms in total. The van der Waals surface area contributed by atoms with E-state index < -0.39 is 23.6 Å². The third kappa shape index (κ3) is 3.86. The van der Waals surface area contributed by atoms with Crippen molar-refractivity contribution in [1.29, 1.82) is 0 Å². The summed E-state index contributed by atoms with van der Waals surface area (Å²) in [6.07, 6.45) is -0.285. The quantitative estimate of drug-likeness (QED) is 0.888. The maximum Gasteiger partial charge on any atom is 0.225 e. The number of halogens is 2. The number of hydrogen-bond acceptors (Lipinski definition) is 2. The van der Waals surface area contributed by atoms with Crippen LogP contribution < -0.4 is 5.32 Å². The number of amides is 1. The number of aliphatic hydroxyl groups is 1. The van der Waals surface area contributed by atoms with Crippen LogP contribution in [0.4, 0.5) is 8.78 Å². The molecule has 0 unspecified atom stereocenters. The van der Waals surface area contributed by atoms with Gasteiger partial charge in [-0.3, -0.25) is 4.79 Å². The molecule has 1 atom stereocenters. The van der Waals surface area contributed by atoms with E-state index in [1.165, 1.54) is 12.1 Å². The Morgan fingerprint density at radius 2 is 1.81 bits per heavy atom. The van der Waals surface area contributed by atoms with E-state index in [0.29, 0.717) is 0 Å². The minimum Gasteiger partial charge on any atom is -0.394 e. The molecule has 0 bridgehead atoms. The molecule has 0 aliphatic carbocycles. The lowest BCUT2D eigenvalue weighted by Gasteiger charge is -2.16. The highest BCUT2D eigenvalue weighted by Gasteiger charge is 2.16. The molecule has 2 rings (SSSR count). The van der Waals surface area contributed by atoms with Crippen LogP contribution in [0.3, 0.4) is 0 Å². The molecule has 0 aliphatic rings. The maximum atomic E-state index is 13.5. The Balaban J connectivity index is 2.05. The Morgan fingerprint density at radius 1 is 1.10 bits per heavy atom. The van der Waals surface area contributed by atoms with Gasteiger partial charge in [-0.15, -0.1) is 0 Å². The van der Waals surface area contributed by atoms with Gasteiger partial charge in [-0.1, -0.05) is 42.5 Å². The molecule has 0 spiro atoms. The van der Waals surface area contributed by atoms with Gasteiger partial charge in [0.15, 0.2) is 11.6 Å². The molecule has 110 valence electrons. The van der Waals surface area contributed by atoms with E-state index >= 15 is 0 Å². The number of rotatable bonds is 5. The molecule has 1 amide bonds. The van der Waals surface area contributed by atoms with Gasteiger partial charge >= 0.3 is 0 Å². The predicted octanol–water partition coefficient (Wildman–Crippen LogP) is 2.36. The molecule has 0 aliphatic heterocycles. The number of carbonyl (C=O) groups is 1. The van der Waals surface area contributed by atoms with Crippen LogP contribution in [-0.2, 0) is 11.2 Å². The minimum absolute atomic E-state index is 0.0164. The van der Waals surface area contributed by atoms with Crippen molar-refractivity contribution in [2.75, 3.05) is 6.61 Å².